The number of aromatic nitrogens is 1. The second-order valence-corrected chi connectivity index (χ2v) is 4.78. The standard InChI is InChI=1S/C10H16N2OS/c11-4-1-2-9-6-13-10(12-9)8-3-5-14-7-8/h6,8H,1-5,7,11H2. The van der Waals surface area contributed by atoms with Gasteiger partial charge in [0.2, 0.25) is 0 Å². The van der Waals surface area contributed by atoms with Gasteiger partial charge in [-0.1, -0.05) is 0 Å². The lowest BCUT2D eigenvalue weighted by Gasteiger charge is -2.00. The van der Waals surface area contributed by atoms with Gasteiger partial charge >= 0.3 is 0 Å². The largest absolute Gasteiger partial charge is 0.448 e. The molecule has 1 unspecified atom stereocenters. The summed E-state index contributed by atoms with van der Waals surface area (Å²) in [5.41, 5.74) is 6.50. The zero-order valence-corrected chi connectivity index (χ0v) is 9.05. The molecule has 2 rings (SSSR count). The van der Waals surface area contributed by atoms with E-state index in [1.165, 1.54) is 12.2 Å². The summed E-state index contributed by atoms with van der Waals surface area (Å²) in [6, 6.07) is 0. The first-order chi connectivity index (χ1) is 6.90. The van der Waals surface area contributed by atoms with Crippen molar-refractivity contribution in [1.29, 1.82) is 0 Å². The van der Waals surface area contributed by atoms with E-state index in [1.807, 2.05) is 11.8 Å². The number of oxazole rings is 1. The van der Waals surface area contributed by atoms with E-state index in [9.17, 15) is 0 Å². The molecule has 1 aromatic rings. The number of hydrogen-bond donors (Lipinski definition) is 1. The molecule has 1 aliphatic heterocycles. The van der Waals surface area contributed by atoms with E-state index in [1.54, 1.807) is 6.26 Å². The first kappa shape index (κ1) is 10.1. The predicted molar refractivity (Wildman–Crippen MR) is 58.6 cm³/mol. The lowest BCUT2D eigenvalue weighted by molar-refractivity contribution is 0.461. The van der Waals surface area contributed by atoms with Crippen molar-refractivity contribution in [2.75, 3.05) is 18.1 Å². The van der Waals surface area contributed by atoms with Gasteiger partial charge in [0.1, 0.15) is 6.26 Å². The highest BCUT2D eigenvalue weighted by molar-refractivity contribution is 7.99. The van der Waals surface area contributed by atoms with Crippen molar-refractivity contribution in [2.45, 2.75) is 25.2 Å². The van der Waals surface area contributed by atoms with Crippen molar-refractivity contribution in [3.05, 3.63) is 17.8 Å². The minimum Gasteiger partial charge on any atom is -0.448 e. The van der Waals surface area contributed by atoms with E-state index in [-0.39, 0.29) is 0 Å². The Morgan fingerprint density at radius 2 is 2.57 bits per heavy atom. The number of hydrogen-bond acceptors (Lipinski definition) is 4. The van der Waals surface area contributed by atoms with Crippen molar-refractivity contribution in [1.82, 2.24) is 4.98 Å². The fourth-order valence-electron chi connectivity index (χ4n) is 1.64. The van der Waals surface area contributed by atoms with Crippen LogP contribution in [0.4, 0.5) is 0 Å². The van der Waals surface area contributed by atoms with Gasteiger partial charge in [0, 0.05) is 11.7 Å². The fourth-order valence-corrected chi connectivity index (χ4v) is 2.85. The Balaban J connectivity index is 1.94. The highest BCUT2D eigenvalue weighted by atomic mass is 32.2. The first-order valence-corrected chi connectivity index (χ1v) is 6.27. The van der Waals surface area contributed by atoms with Crippen LogP contribution < -0.4 is 5.73 Å². The van der Waals surface area contributed by atoms with Crippen LogP contribution in [0.5, 0.6) is 0 Å². The van der Waals surface area contributed by atoms with Crippen molar-refractivity contribution in [2.24, 2.45) is 5.73 Å². The Labute approximate surface area is 88.5 Å². The number of rotatable bonds is 4. The predicted octanol–water partition coefficient (Wildman–Crippen LogP) is 1.79. The molecule has 1 saturated heterocycles. The third-order valence-electron chi connectivity index (χ3n) is 2.49. The van der Waals surface area contributed by atoms with Crippen LogP contribution in [0.3, 0.4) is 0 Å². The van der Waals surface area contributed by atoms with Gasteiger partial charge < -0.3 is 10.2 Å². The Bertz CT molecular complexity index is 281. The Hall–Kier alpha value is -0.480. The quantitative estimate of drug-likeness (QED) is 0.826. The first-order valence-electron chi connectivity index (χ1n) is 5.12. The zero-order chi connectivity index (χ0) is 9.80. The molecule has 1 atom stereocenters. The summed E-state index contributed by atoms with van der Waals surface area (Å²) in [6.07, 6.45) is 4.93. The highest BCUT2D eigenvalue weighted by Crippen LogP contribution is 2.31. The summed E-state index contributed by atoms with van der Waals surface area (Å²) in [5, 5.41) is 0. The third-order valence-corrected chi connectivity index (χ3v) is 3.65. The summed E-state index contributed by atoms with van der Waals surface area (Å²) < 4.78 is 5.48. The van der Waals surface area contributed by atoms with Crippen LogP contribution in [0.1, 0.15) is 30.3 Å². The van der Waals surface area contributed by atoms with Gasteiger partial charge in [-0.2, -0.15) is 11.8 Å². The molecular formula is C10H16N2OS. The van der Waals surface area contributed by atoms with E-state index in [2.05, 4.69) is 4.98 Å². The molecule has 1 aliphatic rings. The summed E-state index contributed by atoms with van der Waals surface area (Å²) in [7, 11) is 0. The van der Waals surface area contributed by atoms with Crippen molar-refractivity contribution in [3.63, 3.8) is 0 Å². The van der Waals surface area contributed by atoms with Gasteiger partial charge in [-0.25, -0.2) is 4.98 Å². The molecule has 1 aromatic heterocycles. The van der Waals surface area contributed by atoms with Crippen LogP contribution in [0.25, 0.3) is 0 Å². The summed E-state index contributed by atoms with van der Waals surface area (Å²) in [6.45, 7) is 0.724. The number of aryl methyl sites for hydroxylation is 1. The lowest BCUT2D eigenvalue weighted by atomic mass is 10.1. The van der Waals surface area contributed by atoms with E-state index in [0.29, 0.717) is 5.92 Å². The molecule has 0 spiro atoms. The maximum absolute atomic E-state index is 5.48. The van der Waals surface area contributed by atoms with E-state index in [4.69, 9.17) is 10.2 Å². The van der Waals surface area contributed by atoms with Gasteiger partial charge in [-0.3, -0.25) is 0 Å². The van der Waals surface area contributed by atoms with Crippen molar-refractivity contribution < 1.29 is 4.42 Å². The lowest BCUT2D eigenvalue weighted by Crippen LogP contribution is -2.01. The molecule has 0 bridgehead atoms. The molecule has 0 aromatic carbocycles. The van der Waals surface area contributed by atoms with Crippen LogP contribution in [-0.2, 0) is 6.42 Å². The van der Waals surface area contributed by atoms with Crippen LogP contribution in [-0.4, -0.2) is 23.0 Å². The number of nitrogens with zero attached hydrogens (tertiary/aromatic N) is 1. The molecule has 14 heavy (non-hydrogen) atoms. The molecule has 0 radical (unpaired) electrons. The van der Waals surface area contributed by atoms with E-state index >= 15 is 0 Å². The number of thioether (sulfide) groups is 1. The van der Waals surface area contributed by atoms with Gasteiger partial charge in [0.15, 0.2) is 5.89 Å². The molecule has 0 saturated carbocycles. The monoisotopic (exact) mass is 212 g/mol. The normalized spacial score (nSPS) is 21.6. The molecule has 2 heterocycles. The second kappa shape index (κ2) is 4.84. The van der Waals surface area contributed by atoms with Gasteiger partial charge in [-0.05, 0) is 31.6 Å². The van der Waals surface area contributed by atoms with Gasteiger partial charge in [0.25, 0.3) is 0 Å². The summed E-state index contributed by atoms with van der Waals surface area (Å²) >= 11 is 1.98. The van der Waals surface area contributed by atoms with Gasteiger partial charge in [-0.15, -0.1) is 0 Å². The average molecular weight is 212 g/mol. The molecule has 0 amide bonds. The summed E-state index contributed by atoms with van der Waals surface area (Å²) in [5.74, 6) is 3.89. The zero-order valence-electron chi connectivity index (χ0n) is 8.24. The smallest absolute Gasteiger partial charge is 0.198 e. The van der Waals surface area contributed by atoms with Crippen molar-refractivity contribution in [3.8, 4) is 0 Å². The van der Waals surface area contributed by atoms with Crippen LogP contribution in [0.15, 0.2) is 10.7 Å². The molecular weight excluding hydrogens is 196 g/mol. The molecule has 2 N–H and O–H groups in total. The Morgan fingerprint density at radius 3 is 3.29 bits per heavy atom. The number of nitrogens with two attached hydrogens (primary N) is 1. The maximum Gasteiger partial charge on any atom is 0.198 e. The van der Waals surface area contributed by atoms with Crippen LogP contribution in [0.2, 0.25) is 0 Å². The second-order valence-electron chi connectivity index (χ2n) is 3.63. The molecule has 78 valence electrons. The van der Waals surface area contributed by atoms with Gasteiger partial charge in [0.05, 0.1) is 5.69 Å². The highest BCUT2D eigenvalue weighted by Gasteiger charge is 2.21. The Kier molecular flexibility index (Phi) is 3.48. The van der Waals surface area contributed by atoms with E-state index < -0.39 is 0 Å². The third kappa shape index (κ3) is 2.30. The minimum absolute atomic E-state index is 0.548. The van der Waals surface area contributed by atoms with Crippen LogP contribution in [0, 0.1) is 0 Å². The van der Waals surface area contributed by atoms with Crippen molar-refractivity contribution >= 4 is 11.8 Å². The molecule has 1 fully saturated rings. The molecule has 0 aliphatic carbocycles. The van der Waals surface area contributed by atoms with E-state index in [0.717, 1.165) is 36.7 Å². The molecule has 4 heteroatoms. The Morgan fingerprint density at radius 1 is 1.64 bits per heavy atom. The average Bonchev–Trinajstić information content (AvgIpc) is 2.85. The topological polar surface area (TPSA) is 52.0 Å². The minimum atomic E-state index is 0.548. The fraction of sp³-hybridized carbons (Fsp3) is 0.700. The summed E-state index contributed by atoms with van der Waals surface area (Å²) in [4.78, 5) is 4.49. The molecule has 3 nitrogen and oxygen atoms in total. The van der Waals surface area contributed by atoms with Crippen LogP contribution >= 0.6 is 11.8 Å². The SMILES string of the molecule is NCCCc1coc(C2CCSC2)n1. The maximum atomic E-state index is 5.48.